The fourth-order valence-corrected chi connectivity index (χ4v) is 2.60. The molecule has 0 radical (unpaired) electrons. The third-order valence-corrected chi connectivity index (χ3v) is 3.59. The molecule has 0 amide bonds. The SMILES string of the molecule is CC(C)Oc1cccnc1N1CCCC(CCl)C1. The molecule has 0 bridgehead atoms. The van der Waals surface area contributed by atoms with E-state index in [1.807, 2.05) is 32.2 Å². The Hall–Kier alpha value is -0.960. The van der Waals surface area contributed by atoms with Gasteiger partial charge in [0.15, 0.2) is 11.6 Å². The molecule has 0 aromatic carbocycles. The first-order chi connectivity index (χ1) is 8.70. The van der Waals surface area contributed by atoms with Gasteiger partial charge < -0.3 is 9.64 Å². The van der Waals surface area contributed by atoms with Crippen LogP contribution in [0, 0.1) is 5.92 Å². The normalized spacial score (nSPS) is 20.2. The Kier molecular flexibility index (Phi) is 4.70. The maximum atomic E-state index is 5.98. The number of hydrogen-bond acceptors (Lipinski definition) is 3. The van der Waals surface area contributed by atoms with Crippen molar-refractivity contribution in [2.24, 2.45) is 5.92 Å². The molecule has 0 spiro atoms. The fraction of sp³-hybridized carbons (Fsp3) is 0.643. The van der Waals surface area contributed by atoms with Crippen LogP contribution in [0.4, 0.5) is 5.82 Å². The predicted octanol–water partition coefficient (Wildman–Crippen LogP) is 3.32. The predicted molar refractivity (Wildman–Crippen MR) is 75.7 cm³/mol. The quantitative estimate of drug-likeness (QED) is 0.784. The van der Waals surface area contributed by atoms with E-state index in [0.29, 0.717) is 5.92 Å². The molecule has 0 N–H and O–H groups in total. The lowest BCUT2D eigenvalue weighted by molar-refractivity contribution is 0.241. The molecule has 3 nitrogen and oxygen atoms in total. The van der Waals surface area contributed by atoms with Crippen LogP contribution < -0.4 is 9.64 Å². The summed E-state index contributed by atoms with van der Waals surface area (Å²) in [7, 11) is 0. The zero-order chi connectivity index (χ0) is 13.0. The van der Waals surface area contributed by atoms with Gasteiger partial charge in [0, 0.05) is 25.2 Å². The van der Waals surface area contributed by atoms with Gasteiger partial charge in [-0.2, -0.15) is 0 Å². The summed E-state index contributed by atoms with van der Waals surface area (Å²) >= 11 is 5.98. The van der Waals surface area contributed by atoms with E-state index in [9.17, 15) is 0 Å². The molecule has 1 aliphatic heterocycles. The summed E-state index contributed by atoms with van der Waals surface area (Å²) in [6.45, 7) is 6.09. The number of pyridine rings is 1. The van der Waals surface area contributed by atoms with Crippen molar-refractivity contribution in [3.05, 3.63) is 18.3 Å². The van der Waals surface area contributed by atoms with Gasteiger partial charge in [-0.15, -0.1) is 11.6 Å². The topological polar surface area (TPSA) is 25.4 Å². The average Bonchev–Trinajstić information content (AvgIpc) is 2.39. The zero-order valence-corrected chi connectivity index (χ0v) is 11.9. The molecular weight excluding hydrogens is 248 g/mol. The second kappa shape index (κ2) is 6.28. The number of halogens is 1. The van der Waals surface area contributed by atoms with Crippen LogP contribution in [0.15, 0.2) is 18.3 Å². The number of anilines is 1. The lowest BCUT2D eigenvalue weighted by Crippen LogP contribution is -2.37. The molecule has 0 aliphatic carbocycles. The van der Waals surface area contributed by atoms with Crippen LogP contribution in [0.1, 0.15) is 26.7 Å². The Morgan fingerprint density at radius 1 is 1.56 bits per heavy atom. The second-order valence-electron chi connectivity index (χ2n) is 5.10. The molecule has 1 saturated heterocycles. The molecular formula is C14H21ClN2O. The van der Waals surface area contributed by atoms with E-state index in [4.69, 9.17) is 16.3 Å². The summed E-state index contributed by atoms with van der Waals surface area (Å²) in [4.78, 5) is 6.78. The first-order valence-electron chi connectivity index (χ1n) is 6.63. The highest BCUT2D eigenvalue weighted by atomic mass is 35.5. The average molecular weight is 269 g/mol. The lowest BCUT2D eigenvalue weighted by Gasteiger charge is -2.33. The van der Waals surface area contributed by atoms with E-state index in [-0.39, 0.29) is 6.10 Å². The molecule has 1 aromatic heterocycles. The third-order valence-electron chi connectivity index (χ3n) is 3.15. The van der Waals surface area contributed by atoms with Gasteiger partial charge >= 0.3 is 0 Å². The molecule has 100 valence electrons. The smallest absolute Gasteiger partial charge is 0.171 e. The third kappa shape index (κ3) is 3.29. The van der Waals surface area contributed by atoms with Gasteiger partial charge in [0.25, 0.3) is 0 Å². The van der Waals surface area contributed by atoms with E-state index in [1.165, 1.54) is 12.8 Å². The van der Waals surface area contributed by atoms with Crippen LogP contribution in [0.2, 0.25) is 0 Å². The minimum absolute atomic E-state index is 0.168. The monoisotopic (exact) mass is 268 g/mol. The molecule has 4 heteroatoms. The van der Waals surface area contributed by atoms with E-state index >= 15 is 0 Å². The summed E-state index contributed by atoms with van der Waals surface area (Å²) in [5.74, 6) is 3.13. The van der Waals surface area contributed by atoms with Crippen molar-refractivity contribution < 1.29 is 4.74 Å². The molecule has 2 heterocycles. The van der Waals surface area contributed by atoms with Gasteiger partial charge in [0.1, 0.15) is 0 Å². The second-order valence-corrected chi connectivity index (χ2v) is 5.41. The fourth-order valence-electron chi connectivity index (χ4n) is 2.35. The van der Waals surface area contributed by atoms with Crippen LogP contribution in [-0.4, -0.2) is 30.1 Å². The summed E-state index contributed by atoms with van der Waals surface area (Å²) in [6.07, 6.45) is 4.39. The van der Waals surface area contributed by atoms with Crippen molar-refractivity contribution in [1.82, 2.24) is 4.98 Å². The molecule has 1 aliphatic rings. The number of alkyl halides is 1. The maximum Gasteiger partial charge on any atom is 0.171 e. The number of rotatable bonds is 4. The summed E-state index contributed by atoms with van der Waals surface area (Å²) in [6, 6.07) is 3.91. The minimum Gasteiger partial charge on any atom is -0.487 e. The number of nitrogens with zero attached hydrogens (tertiary/aromatic N) is 2. The zero-order valence-electron chi connectivity index (χ0n) is 11.1. The maximum absolute atomic E-state index is 5.98. The number of piperidine rings is 1. The standard InChI is InChI=1S/C14H21ClN2O/c1-11(2)18-13-6-3-7-16-14(13)17-8-4-5-12(9-15)10-17/h3,6-7,11-12H,4-5,8-10H2,1-2H3. The Labute approximate surface area is 114 Å². The first kappa shape index (κ1) is 13.5. The Morgan fingerprint density at radius 2 is 2.39 bits per heavy atom. The van der Waals surface area contributed by atoms with Crippen molar-refractivity contribution in [1.29, 1.82) is 0 Å². The highest BCUT2D eigenvalue weighted by Crippen LogP contribution is 2.30. The Morgan fingerprint density at radius 3 is 3.11 bits per heavy atom. The van der Waals surface area contributed by atoms with Crippen LogP contribution in [-0.2, 0) is 0 Å². The molecule has 1 aromatic rings. The van der Waals surface area contributed by atoms with Gasteiger partial charge in [-0.05, 0) is 44.7 Å². The molecule has 2 rings (SSSR count). The molecule has 18 heavy (non-hydrogen) atoms. The molecule has 1 fully saturated rings. The largest absolute Gasteiger partial charge is 0.487 e. The number of hydrogen-bond donors (Lipinski definition) is 0. The Balaban J connectivity index is 2.16. The van der Waals surface area contributed by atoms with Gasteiger partial charge in [-0.3, -0.25) is 0 Å². The molecule has 1 unspecified atom stereocenters. The number of aromatic nitrogens is 1. The summed E-state index contributed by atoms with van der Waals surface area (Å²) in [5.41, 5.74) is 0. The highest BCUT2D eigenvalue weighted by molar-refractivity contribution is 6.18. The van der Waals surface area contributed by atoms with Gasteiger partial charge in [-0.1, -0.05) is 0 Å². The van der Waals surface area contributed by atoms with Crippen LogP contribution >= 0.6 is 11.6 Å². The van der Waals surface area contributed by atoms with Crippen LogP contribution in [0.25, 0.3) is 0 Å². The van der Waals surface area contributed by atoms with Crippen LogP contribution in [0.5, 0.6) is 5.75 Å². The molecule has 0 saturated carbocycles. The van der Waals surface area contributed by atoms with E-state index in [1.54, 1.807) is 0 Å². The van der Waals surface area contributed by atoms with E-state index < -0.39 is 0 Å². The van der Waals surface area contributed by atoms with Gasteiger partial charge in [0.05, 0.1) is 6.10 Å². The molecule has 1 atom stereocenters. The lowest BCUT2D eigenvalue weighted by atomic mass is 10.00. The summed E-state index contributed by atoms with van der Waals surface area (Å²) in [5, 5.41) is 0. The van der Waals surface area contributed by atoms with Crippen molar-refractivity contribution >= 4 is 17.4 Å². The van der Waals surface area contributed by atoms with Crippen LogP contribution in [0.3, 0.4) is 0 Å². The Bertz CT molecular complexity index is 384. The van der Waals surface area contributed by atoms with Gasteiger partial charge in [-0.25, -0.2) is 4.98 Å². The van der Waals surface area contributed by atoms with Crippen molar-refractivity contribution in [3.8, 4) is 5.75 Å². The minimum atomic E-state index is 0.168. The number of ether oxygens (including phenoxy) is 1. The van der Waals surface area contributed by atoms with Gasteiger partial charge in [0.2, 0.25) is 0 Å². The van der Waals surface area contributed by atoms with Crippen molar-refractivity contribution in [2.75, 3.05) is 23.9 Å². The van der Waals surface area contributed by atoms with Crippen molar-refractivity contribution in [2.45, 2.75) is 32.8 Å². The van der Waals surface area contributed by atoms with E-state index in [2.05, 4.69) is 9.88 Å². The van der Waals surface area contributed by atoms with E-state index in [0.717, 1.165) is 30.5 Å². The summed E-state index contributed by atoms with van der Waals surface area (Å²) < 4.78 is 5.83. The van der Waals surface area contributed by atoms with Crippen molar-refractivity contribution in [3.63, 3.8) is 0 Å². The highest BCUT2D eigenvalue weighted by Gasteiger charge is 2.22. The first-order valence-corrected chi connectivity index (χ1v) is 7.16.